The topological polar surface area (TPSA) is 78.7 Å². The zero-order valence-electron chi connectivity index (χ0n) is 11.7. The molecule has 0 fully saturated rings. The van der Waals surface area contributed by atoms with Gasteiger partial charge < -0.3 is 0 Å². The normalized spacial score (nSPS) is 10.2. The summed E-state index contributed by atoms with van der Waals surface area (Å²) in [6.07, 6.45) is 0. The summed E-state index contributed by atoms with van der Waals surface area (Å²) >= 11 is 4.62. The van der Waals surface area contributed by atoms with Crippen molar-refractivity contribution in [2.45, 2.75) is 10.1 Å². The van der Waals surface area contributed by atoms with Crippen LogP contribution in [0, 0.1) is 11.3 Å². The fourth-order valence-corrected chi connectivity index (χ4v) is 4.27. The van der Waals surface area contributed by atoms with Gasteiger partial charge in [-0.15, -0.1) is 21.5 Å². The molecule has 2 aromatic heterocycles. The number of nitrogens with zero attached hydrogens (tertiary/aromatic N) is 3. The van der Waals surface area contributed by atoms with Crippen LogP contribution in [0.5, 0.6) is 0 Å². The minimum absolute atomic E-state index is 0.298. The van der Waals surface area contributed by atoms with Gasteiger partial charge in [0.2, 0.25) is 5.13 Å². The third-order valence-electron chi connectivity index (χ3n) is 2.80. The standard InChI is InChI=1S/C15H10N4OS3/c16-8-10-3-1-4-11(7-10)13(20)17-14-18-19-15(23-14)22-9-12-5-2-6-21-12/h1-7H,9H2,(H,17,18,20). The summed E-state index contributed by atoms with van der Waals surface area (Å²) in [7, 11) is 0. The maximum absolute atomic E-state index is 12.1. The number of rotatable bonds is 5. The van der Waals surface area contributed by atoms with Crippen molar-refractivity contribution in [2.24, 2.45) is 0 Å². The summed E-state index contributed by atoms with van der Waals surface area (Å²) in [5.41, 5.74) is 0.870. The zero-order valence-corrected chi connectivity index (χ0v) is 14.2. The first-order valence-corrected chi connectivity index (χ1v) is 9.23. The van der Waals surface area contributed by atoms with E-state index in [1.807, 2.05) is 17.5 Å². The van der Waals surface area contributed by atoms with Gasteiger partial charge in [0, 0.05) is 16.2 Å². The first kappa shape index (κ1) is 15.7. The number of hydrogen-bond acceptors (Lipinski definition) is 7. The smallest absolute Gasteiger partial charge is 0.257 e. The summed E-state index contributed by atoms with van der Waals surface area (Å²) in [6, 6.07) is 12.6. The fourth-order valence-electron chi connectivity index (χ4n) is 1.75. The first-order valence-electron chi connectivity index (χ1n) is 6.55. The lowest BCUT2D eigenvalue weighted by molar-refractivity contribution is 0.102. The highest BCUT2D eigenvalue weighted by Gasteiger charge is 2.11. The lowest BCUT2D eigenvalue weighted by atomic mass is 10.1. The van der Waals surface area contributed by atoms with Crippen molar-refractivity contribution >= 4 is 45.5 Å². The Hall–Kier alpha value is -2.21. The Morgan fingerprint density at radius 3 is 3.00 bits per heavy atom. The third-order valence-corrected chi connectivity index (χ3v) is 5.88. The van der Waals surface area contributed by atoms with E-state index < -0.39 is 0 Å². The molecule has 5 nitrogen and oxygen atoms in total. The minimum atomic E-state index is -0.298. The van der Waals surface area contributed by atoms with Crippen LogP contribution >= 0.6 is 34.4 Å². The van der Waals surface area contributed by atoms with Crippen molar-refractivity contribution in [1.82, 2.24) is 10.2 Å². The molecule has 23 heavy (non-hydrogen) atoms. The number of amides is 1. The zero-order chi connectivity index (χ0) is 16.1. The number of carbonyl (C=O) groups excluding carboxylic acids is 1. The van der Waals surface area contributed by atoms with Gasteiger partial charge in [0.05, 0.1) is 11.6 Å². The van der Waals surface area contributed by atoms with Gasteiger partial charge in [-0.1, -0.05) is 35.2 Å². The van der Waals surface area contributed by atoms with E-state index in [0.717, 1.165) is 10.1 Å². The molecule has 3 rings (SSSR count). The molecule has 8 heteroatoms. The van der Waals surface area contributed by atoms with Crippen LogP contribution in [0.15, 0.2) is 46.1 Å². The molecule has 0 spiro atoms. The Balaban J connectivity index is 1.62. The summed E-state index contributed by atoms with van der Waals surface area (Å²) in [6.45, 7) is 0. The van der Waals surface area contributed by atoms with E-state index in [4.69, 9.17) is 5.26 Å². The Bertz CT molecular complexity index is 852. The molecule has 1 aromatic carbocycles. The van der Waals surface area contributed by atoms with Crippen molar-refractivity contribution < 1.29 is 4.79 Å². The molecule has 0 aliphatic carbocycles. The summed E-state index contributed by atoms with van der Waals surface area (Å²) in [5.74, 6) is 0.540. The average molecular weight is 358 g/mol. The average Bonchev–Trinajstić information content (AvgIpc) is 3.24. The van der Waals surface area contributed by atoms with E-state index in [1.165, 1.54) is 16.2 Å². The van der Waals surface area contributed by atoms with Crippen molar-refractivity contribution in [3.63, 3.8) is 0 Å². The number of aromatic nitrogens is 2. The van der Waals surface area contributed by atoms with Gasteiger partial charge >= 0.3 is 0 Å². The Kier molecular flexibility index (Phi) is 5.02. The summed E-state index contributed by atoms with van der Waals surface area (Å²) in [4.78, 5) is 13.4. The molecule has 0 radical (unpaired) electrons. The molecule has 0 aliphatic rings. The van der Waals surface area contributed by atoms with E-state index in [2.05, 4.69) is 21.6 Å². The van der Waals surface area contributed by atoms with Crippen LogP contribution in [-0.4, -0.2) is 16.1 Å². The molecule has 0 unspecified atom stereocenters. The lowest BCUT2D eigenvalue weighted by Gasteiger charge is -2.00. The van der Waals surface area contributed by atoms with Gasteiger partial charge in [-0.2, -0.15) is 5.26 Å². The Morgan fingerprint density at radius 1 is 1.30 bits per heavy atom. The highest BCUT2D eigenvalue weighted by molar-refractivity contribution is 8.00. The van der Waals surface area contributed by atoms with Gasteiger partial charge in [-0.3, -0.25) is 10.1 Å². The molecule has 1 amide bonds. The molecule has 0 bridgehead atoms. The van der Waals surface area contributed by atoms with E-state index >= 15 is 0 Å². The molecular weight excluding hydrogens is 348 g/mol. The summed E-state index contributed by atoms with van der Waals surface area (Å²) in [5, 5.41) is 22.1. The maximum Gasteiger partial charge on any atom is 0.257 e. The highest BCUT2D eigenvalue weighted by atomic mass is 32.2. The van der Waals surface area contributed by atoms with E-state index in [0.29, 0.717) is 16.3 Å². The van der Waals surface area contributed by atoms with Crippen molar-refractivity contribution in [3.8, 4) is 6.07 Å². The SMILES string of the molecule is N#Cc1cccc(C(=O)Nc2nnc(SCc3cccs3)s2)c1. The predicted molar refractivity (Wildman–Crippen MR) is 92.9 cm³/mol. The van der Waals surface area contributed by atoms with Crippen LogP contribution < -0.4 is 5.32 Å². The van der Waals surface area contributed by atoms with E-state index in [-0.39, 0.29) is 5.91 Å². The molecule has 3 aromatic rings. The minimum Gasteiger partial charge on any atom is -0.296 e. The molecular formula is C15H10N4OS3. The molecule has 0 aliphatic heterocycles. The quantitative estimate of drug-likeness (QED) is 0.550. The van der Waals surface area contributed by atoms with Gasteiger partial charge in [-0.25, -0.2) is 0 Å². The second-order valence-corrected chi connectivity index (χ2v) is 7.62. The molecule has 2 heterocycles. The fraction of sp³-hybridized carbons (Fsp3) is 0.0667. The van der Waals surface area contributed by atoms with E-state index in [9.17, 15) is 4.79 Å². The van der Waals surface area contributed by atoms with Crippen molar-refractivity contribution in [2.75, 3.05) is 5.32 Å². The number of nitrogens with one attached hydrogen (secondary N) is 1. The largest absolute Gasteiger partial charge is 0.296 e. The van der Waals surface area contributed by atoms with Gasteiger partial charge in [0.25, 0.3) is 5.91 Å². The lowest BCUT2D eigenvalue weighted by Crippen LogP contribution is -2.11. The number of anilines is 1. The molecule has 114 valence electrons. The number of thiophene rings is 1. The number of benzene rings is 1. The van der Waals surface area contributed by atoms with Crippen LogP contribution in [0.25, 0.3) is 0 Å². The van der Waals surface area contributed by atoms with Crippen LogP contribution in [0.1, 0.15) is 20.8 Å². The number of thioether (sulfide) groups is 1. The Morgan fingerprint density at radius 2 is 2.22 bits per heavy atom. The molecule has 0 atom stereocenters. The maximum atomic E-state index is 12.1. The number of carbonyl (C=O) groups is 1. The van der Waals surface area contributed by atoms with E-state index in [1.54, 1.807) is 47.4 Å². The van der Waals surface area contributed by atoms with Gasteiger partial charge in [-0.05, 0) is 29.6 Å². The monoisotopic (exact) mass is 358 g/mol. The second-order valence-electron chi connectivity index (χ2n) is 4.39. The van der Waals surface area contributed by atoms with Crippen LogP contribution in [0.3, 0.4) is 0 Å². The Labute approximate surface area is 145 Å². The number of hydrogen-bond donors (Lipinski definition) is 1. The third kappa shape index (κ3) is 4.16. The highest BCUT2D eigenvalue weighted by Crippen LogP contribution is 2.29. The van der Waals surface area contributed by atoms with Crippen LogP contribution in [-0.2, 0) is 5.75 Å². The molecule has 0 saturated carbocycles. The number of nitriles is 1. The second kappa shape index (κ2) is 7.37. The van der Waals surface area contributed by atoms with Crippen molar-refractivity contribution in [3.05, 3.63) is 57.8 Å². The molecule has 0 saturated heterocycles. The molecule has 1 N–H and O–H groups in total. The van der Waals surface area contributed by atoms with Crippen molar-refractivity contribution in [1.29, 1.82) is 5.26 Å². The predicted octanol–water partition coefficient (Wildman–Crippen LogP) is 4.02. The first-order chi connectivity index (χ1) is 11.2. The van der Waals surface area contributed by atoms with Gasteiger partial charge in [0.1, 0.15) is 0 Å². The van der Waals surface area contributed by atoms with Crippen LogP contribution in [0.4, 0.5) is 5.13 Å². The van der Waals surface area contributed by atoms with Gasteiger partial charge in [0.15, 0.2) is 4.34 Å². The summed E-state index contributed by atoms with van der Waals surface area (Å²) < 4.78 is 0.805. The van der Waals surface area contributed by atoms with Crippen LogP contribution in [0.2, 0.25) is 0 Å².